The summed E-state index contributed by atoms with van der Waals surface area (Å²) in [5.74, 6) is -1.12. The number of H-pyrrole nitrogens is 1. The number of nitrogens with one attached hydrogen (secondary N) is 1. The number of benzene rings is 2. The van der Waals surface area contributed by atoms with Gasteiger partial charge in [-0.15, -0.1) is 0 Å². The number of hydrogen-bond acceptors (Lipinski definition) is 5. The molecule has 0 radical (unpaired) electrons. The molecular weight excluding hydrogens is 414 g/mol. The van der Waals surface area contributed by atoms with Gasteiger partial charge in [0.2, 0.25) is 0 Å². The Labute approximate surface area is 183 Å². The van der Waals surface area contributed by atoms with Crippen LogP contribution in [0.15, 0.2) is 90.4 Å². The summed E-state index contributed by atoms with van der Waals surface area (Å²) in [5, 5.41) is 12.6. The summed E-state index contributed by atoms with van der Waals surface area (Å²) in [6.45, 7) is 0. The molecule has 0 fully saturated rings. The molecule has 2 aromatic carbocycles. The summed E-state index contributed by atoms with van der Waals surface area (Å²) in [6.07, 6.45) is 5.94. The molecule has 0 saturated heterocycles. The van der Waals surface area contributed by atoms with Crippen LogP contribution >= 0.6 is 11.6 Å². The Morgan fingerprint density at radius 2 is 1.65 bits per heavy atom. The molecule has 8 heteroatoms. The van der Waals surface area contributed by atoms with Gasteiger partial charge >= 0.3 is 0 Å². The minimum Gasteiger partial charge on any atom is -0.277 e. The van der Waals surface area contributed by atoms with Gasteiger partial charge in [0.15, 0.2) is 0 Å². The number of aromatic nitrogens is 3. The van der Waals surface area contributed by atoms with E-state index in [-0.39, 0.29) is 0 Å². The molecule has 0 spiro atoms. The minimum absolute atomic E-state index is 0.290. The van der Waals surface area contributed by atoms with Crippen molar-refractivity contribution >= 4 is 29.6 Å². The van der Waals surface area contributed by atoms with E-state index in [4.69, 9.17) is 11.6 Å². The summed E-state index contributed by atoms with van der Waals surface area (Å²) < 4.78 is 0. The van der Waals surface area contributed by atoms with Crippen LogP contribution in [0.25, 0.3) is 11.3 Å². The molecule has 2 aromatic heterocycles. The lowest BCUT2D eigenvalue weighted by molar-refractivity contribution is 0.0622. The number of aromatic amines is 1. The van der Waals surface area contributed by atoms with E-state index < -0.39 is 11.8 Å². The second-order valence-corrected chi connectivity index (χ2v) is 6.92. The number of hydrazone groups is 1. The van der Waals surface area contributed by atoms with Crippen LogP contribution in [0.3, 0.4) is 0 Å². The van der Waals surface area contributed by atoms with Gasteiger partial charge in [-0.1, -0.05) is 41.9 Å². The molecule has 1 N–H and O–H groups in total. The monoisotopic (exact) mass is 429 g/mol. The maximum atomic E-state index is 13.1. The first kappa shape index (κ1) is 20.2. The Balaban J connectivity index is 1.70. The predicted octanol–water partition coefficient (Wildman–Crippen LogP) is 4.44. The van der Waals surface area contributed by atoms with Gasteiger partial charge in [0, 0.05) is 39.7 Å². The number of carbonyl (C=O) groups is 2. The van der Waals surface area contributed by atoms with Crippen LogP contribution < -0.4 is 0 Å². The lowest BCUT2D eigenvalue weighted by Gasteiger charge is -2.15. The topological polar surface area (TPSA) is 91.3 Å². The van der Waals surface area contributed by atoms with Crippen molar-refractivity contribution in [1.82, 2.24) is 20.2 Å². The van der Waals surface area contributed by atoms with Gasteiger partial charge in [0.25, 0.3) is 11.8 Å². The van der Waals surface area contributed by atoms with Crippen LogP contribution in [-0.4, -0.2) is 38.2 Å². The molecule has 0 atom stereocenters. The summed E-state index contributed by atoms with van der Waals surface area (Å²) >= 11 is 6.09. The molecule has 4 rings (SSSR count). The van der Waals surface area contributed by atoms with Gasteiger partial charge in [-0.05, 0) is 36.4 Å². The number of amides is 2. The molecule has 0 unspecified atom stereocenters. The zero-order valence-electron chi connectivity index (χ0n) is 16.1. The first-order valence-electron chi connectivity index (χ1n) is 9.30. The highest BCUT2D eigenvalue weighted by atomic mass is 35.5. The summed E-state index contributed by atoms with van der Waals surface area (Å²) in [4.78, 5) is 30.0. The van der Waals surface area contributed by atoms with Gasteiger partial charge in [0.05, 0.1) is 18.1 Å². The Hall–Kier alpha value is -4.10. The summed E-state index contributed by atoms with van der Waals surface area (Å²) in [6, 6.07) is 18.8. The largest absolute Gasteiger partial charge is 0.281 e. The number of rotatable bonds is 5. The average molecular weight is 430 g/mol. The van der Waals surface area contributed by atoms with Crippen LogP contribution in [0.4, 0.5) is 0 Å². The molecule has 0 aliphatic rings. The summed E-state index contributed by atoms with van der Waals surface area (Å²) in [5.41, 5.74) is 2.68. The van der Waals surface area contributed by atoms with Crippen LogP contribution in [0.5, 0.6) is 0 Å². The Bertz CT molecular complexity index is 1190. The fourth-order valence-corrected chi connectivity index (χ4v) is 3.10. The van der Waals surface area contributed by atoms with Crippen molar-refractivity contribution in [2.45, 2.75) is 0 Å². The quantitative estimate of drug-likeness (QED) is 0.288. The molecule has 0 aliphatic heterocycles. The molecule has 0 aliphatic carbocycles. The van der Waals surface area contributed by atoms with E-state index in [0.29, 0.717) is 27.4 Å². The first-order chi connectivity index (χ1) is 15.1. The Morgan fingerprint density at radius 3 is 2.35 bits per heavy atom. The highest BCUT2D eigenvalue weighted by Crippen LogP contribution is 2.23. The van der Waals surface area contributed by atoms with E-state index >= 15 is 0 Å². The fourth-order valence-electron chi connectivity index (χ4n) is 2.91. The predicted molar refractivity (Wildman–Crippen MR) is 118 cm³/mol. The second kappa shape index (κ2) is 9.15. The number of carbonyl (C=O) groups excluding carboxylic acids is 2. The zero-order valence-corrected chi connectivity index (χ0v) is 16.9. The lowest BCUT2D eigenvalue weighted by atomic mass is 10.1. The highest BCUT2D eigenvalue weighted by molar-refractivity contribution is 6.30. The van der Waals surface area contributed by atoms with Crippen LogP contribution in [0.1, 0.15) is 26.3 Å². The van der Waals surface area contributed by atoms with Crippen molar-refractivity contribution in [3.8, 4) is 11.3 Å². The maximum absolute atomic E-state index is 13.1. The van der Waals surface area contributed by atoms with Gasteiger partial charge < -0.3 is 0 Å². The summed E-state index contributed by atoms with van der Waals surface area (Å²) in [7, 11) is 0. The van der Waals surface area contributed by atoms with Crippen LogP contribution in [0, 0.1) is 0 Å². The highest BCUT2D eigenvalue weighted by Gasteiger charge is 2.24. The van der Waals surface area contributed by atoms with Crippen molar-refractivity contribution in [3.05, 3.63) is 107 Å². The SMILES string of the molecule is O=C(c1ccccc1)N(N=Cc1cn[nH]c1-c1cccc(Cl)c1)C(=O)c1ccncc1. The smallest absolute Gasteiger partial charge is 0.277 e. The molecule has 4 aromatic rings. The van der Waals surface area contributed by atoms with Gasteiger partial charge in [-0.3, -0.25) is 19.7 Å². The maximum Gasteiger partial charge on any atom is 0.281 e. The zero-order chi connectivity index (χ0) is 21.6. The van der Waals surface area contributed by atoms with Crippen molar-refractivity contribution in [1.29, 1.82) is 0 Å². The Morgan fingerprint density at radius 1 is 0.935 bits per heavy atom. The number of halogens is 1. The number of imide groups is 1. The minimum atomic E-state index is -0.569. The third kappa shape index (κ3) is 4.57. The van der Waals surface area contributed by atoms with E-state index in [0.717, 1.165) is 10.6 Å². The molecule has 31 heavy (non-hydrogen) atoms. The van der Waals surface area contributed by atoms with Crippen molar-refractivity contribution in [2.24, 2.45) is 5.10 Å². The molecular formula is C23H16ClN5O2. The third-order valence-corrected chi connectivity index (χ3v) is 4.66. The second-order valence-electron chi connectivity index (χ2n) is 6.48. The fraction of sp³-hybridized carbons (Fsp3) is 0. The molecule has 152 valence electrons. The lowest BCUT2D eigenvalue weighted by Crippen LogP contribution is -2.32. The average Bonchev–Trinajstić information content (AvgIpc) is 3.29. The number of nitrogens with zero attached hydrogens (tertiary/aromatic N) is 4. The van der Waals surface area contributed by atoms with Gasteiger partial charge in [-0.25, -0.2) is 0 Å². The third-order valence-electron chi connectivity index (χ3n) is 4.43. The van der Waals surface area contributed by atoms with Crippen molar-refractivity contribution in [2.75, 3.05) is 0 Å². The Kier molecular flexibility index (Phi) is 5.96. The van der Waals surface area contributed by atoms with Crippen molar-refractivity contribution in [3.63, 3.8) is 0 Å². The van der Waals surface area contributed by atoms with Gasteiger partial charge in [0.1, 0.15) is 0 Å². The standard InChI is InChI=1S/C23H16ClN5O2/c24-20-8-4-7-18(13-20)21-19(14-26-28-21)15-27-29(22(30)16-5-2-1-3-6-16)23(31)17-9-11-25-12-10-17/h1-15H,(H,26,28). The molecule has 0 bridgehead atoms. The van der Waals surface area contributed by atoms with Crippen LogP contribution in [0.2, 0.25) is 5.02 Å². The molecule has 2 amide bonds. The molecule has 7 nitrogen and oxygen atoms in total. The van der Waals surface area contributed by atoms with Gasteiger partial charge in [-0.2, -0.15) is 15.2 Å². The van der Waals surface area contributed by atoms with E-state index in [1.54, 1.807) is 48.7 Å². The van der Waals surface area contributed by atoms with E-state index in [1.807, 2.05) is 12.1 Å². The van der Waals surface area contributed by atoms with Crippen molar-refractivity contribution < 1.29 is 9.59 Å². The van der Waals surface area contributed by atoms with E-state index in [2.05, 4.69) is 20.3 Å². The number of pyridine rings is 1. The van der Waals surface area contributed by atoms with E-state index in [1.165, 1.54) is 30.7 Å². The molecule has 2 heterocycles. The van der Waals surface area contributed by atoms with Crippen LogP contribution in [-0.2, 0) is 0 Å². The first-order valence-corrected chi connectivity index (χ1v) is 9.68. The number of hydrogen-bond donors (Lipinski definition) is 1. The normalized spacial score (nSPS) is 10.9. The molecule has 0 saturated carbocycles. The van der Waals surface area contributed by atoms with E-state index in [9.17, 15) is 9.59 Å².